The molecule has 1 aromatic heterocycles. The lowest BCUT2D eigenvalue weighted by molar-refractivity contribution is 0.0365. The maximum Gasteiger partial charge on any atom is 0.278 e. The third-order valence-electron chi connectivity index (χ3n) is 3.97. The summed E-state index contributed by atoms with van der Waals surface area (Å²) in [6.45, 7) is 2.18. The molecular weight excluding hydrogens is 358 g/mol. The molecule has 0 spiro atoms. The number of rotatable bonds is 7. The molecule has 3 rings (SSSR count). The van der Waals surface area contributed by atoms with Crippen LogP contribution >= 0.6 is 23.4 Å². The zero-order chi connectivity index (χ0) is 17.8. The first-order valence-electron chi connectivity index (χ1n) is 8.15. The van der Waals surface area contributed by atoms with Crippen LogP contribution in [0.2, 0.25) is 5.15 Å². The van der Waals surface area contributed by atoms with Crippen molar-refractivity contribution in [2.75, 3.05) is 18.2 Å². The predicted molar refractivity (Wildman–Crippen MR) is 102 cm³/mol. The third kappa shape index (κ3) is 4.45. The highest BCUT2D eigenvalue weighted by atomic mass is 35.5. The Hall–Kier alpha value is -1.76. The minimum absolute atomic E-state index is 0.316. The van der Waals surface area contributed by atoms with Gasteiger partial charge in [-0.15, -0.1) is 11.8 Å². The number of aromatic nitrogens is 1. The Balaban J connectivity index is 1.89. The maximum atomic E-state index is 12.3. The van der Waals surface area contributed by atoms with E-state index in [0.29, 0.717) is 28.9 Å². The highest BCUT2D eigenvalue weighted by molar-refractivity contribution is 7.98. The number of hydroxylamine groups is 1. The van der Waals surface area contributed by atoms with Crippen molar-refractivity contribution >= 4 is 40.6 Å². The number of nitrogens with one attached hydrogen (secondary N) is 2. The van der Waals surface area contributed by atoms with Gasteiger partial charge >= 0.3 is 0 Å². The van der Waals surface area contributed by atoms with Crippen LogP contribution < -0.4 is 10.8 Å². The van der Waals surface area contributed by atoms with Gasteiger partial charge in [-0.05, 0) is 55.7 Å². The van der Waals surface area contributed by atoms with E-state index in [4.69, 9.17) is 16.4 Å². The highest BCUT2D eigenvalue weighted by Crippen LogP contribution is 2.42. The summed E-state index contributed by atoms with van der Waals surface area (Å²) < 4.78 is 0. The number of hydrogen-bond acceptors (Lipinski definition) is 5. The molecule has 7 heteroatoms. The SMILES string of the molecule is CCONC(=O)c1cnc(Cl)cc1Nc1ccc(C2CC2)cc1SC. The van der Waals surface area contributed by atoms with Crippen LogP contribution in [0.15, 0.2) is 35.4 Å². The Labute approximate surface area is 156 Å². The Kier molecular flexibility index (Phi) is 5.83. The number of anilines is 2. The number of benzene rings is 1. The van der Waals surface area contributed by atoms with Crippen LogP contribution in [0.25, 0.3) is 0 Å². The summed E-state index contributed by atoms with van der Waals surface area (Å²) in [7, 11) is 0. The van der Waals surface area contributed by atoms with Gasteiger partial charge in [0, 0.05) is 11.1 Å². The lowest BCUT2D eigenvalue weighted by Crippen LogP contribution is -2.24. The molecule has 1 heterocycles. The normalized spacial score (nSPS) is 13.6. The number of hydrogen-bond donors (Lipinski definition) is 2. The van der Waals surface area contributed by atoms with Gasteiger partial charge in [0.15, 0.2) is 0 Å². The van der Waals surface area contributed by atoms with Gasteiger partial charge in [-0.2, -0.15) is 0 Å². The van der Waals surface area contributed by atoms with Crippen LogP contribution in [0.3, 0.4) is 0 Å². The zero-order valence-electron chi connectivity index (χ0n) is 14.1. The van der Waals surface area contributed by atoms with E-state index in [1.807, 2.05) is 6.26 Å². The van der Waals surface area contributed by atoms with Crippen LogP contribution in [0.1, 0.15) is 41.6 Å². The van der Waals surface area contributed by atoms with Crippen molar-refractivity contribution in [3.8, 4) is 0 Å². The number of amides is 1. The first-order valence-corrected chi connectivity index (χ1v) is 9.75. The number of halogens is 1. The quantitative estimate of drug-likeness (QED) is 0.414. The minimum Gasteiger partial charge on any atom is -0.354 e. The van der Waals surface area contributed by atoms with Crippen molar-refractivity contribution in [1.29, 1.82) is 0 Å². The average molecular weight is 378 g/mol. The molecule has 1 fully saturated rings. The molecule has 132 valence electrons. The van der Waals surface area contributed by atoms with Gasteiger partial charge in [0.2, 0.25) is 0 Å². The number of pyridine rings is 1. The number of nitrogens with zero attached hydrogens (tertiary/aromatic N) is 1. The molecule has 1 amide bonds. The standard InChI is InChI=1S/C18H20ClN3O2S/c1-3-24-22-18(23)13-10-20-17(19)9-15(13)21-14-7-6-12(11-4-5-11)8-16(14)25-2/h6-11H,3-5H2,1-2H3,(H,20,21)(H,22,23). The first-order chi connectivity index (χ1) is 12.1. The van der Waals surface area contributed by atoms with Gasteiger partial charge in [0.1, 0.15) is 5.15 Å². The van der Waals surface area contributed by atoms with E-state index in [-0.39, 0.29) is 5.91 Å². The number of thioether (sulfide) groups is 1. The van der Waals surface area contributed by atoms with Crippen LogP contribution in [0.4, 0.5) is 11.4 Å². The van der Waals surface area contributed by atoms with Crippen molar-refractivity contribution in [3.63, 3.8) is 0 Å². The second-order valence-corrected chi connectivity index (χ2v) is 7.01. The largest absolute Gasteiger partial charge is 0.354 e. The van der Waals surface area contributed by atoms with E-state index >= 15 is 0 Å². The van der Waals surface area contributed by atoms with Crippen LogP contribution in [0.5, 0.6) is 0 Å². The Morgan fingerprint density at radius 1 is 1.36 bits per heavy atom. The van der Waals surface area contributed by atoms with Crippen molar-refractivity contribution in [2.24, 2.45) is 0 Å². The van der Waals surface area contributed by atoms with Crippen molar-refractivity contribution in [1.82, 2.24) is 10.5 Å². The van der Waals surface area contributed by atoms with Gasteiger partial charge in [-0.25, -0.2) is 10.5 Å². The summed E-state index contributed by atoms with van der Waals surface area (Å²) in [5, 5.41) is 3.63. The first kappa shape index (κ1) is 18.0. The van der Waals surface area contributed by atoms with Gasteiger partial charge in [-0.1, -0.05) is 17.7 Å². The number of carbonyl (C=O) groups is 1. The molecule has 25 heavy (non-hydrogen) atoms. The lowest BCUT2D eigenvalue weighted by Gasteiger charge is -2.15. The monoisotopic (exact) mass is 377 g/mol. The van der Waals surface area contributed by atoms with Crippen molar-refractivity contribution in [2.45, 2.75) is 30.6 Å². The molecule has 2 N–H and O–H groups in total. The van der Waals surface area contributed by atoms with Crippen LogP contribution in [0, 0.1) is 0 Å². The molecule has 2 aromatic rings. The van der Waals surface area contributed by atoms with E-state index < -0.39 is 0 Å². The second kappa shape index (κ2) is 8.08. The molecule has 0 radical (unpaired) electrons. The molecule has 0 unspecified atom stereocenters. The second-order valence-electron chi connectivity index (χ2n) is 5.78. The highest BCUT2D eigenvalue weighted by Gasteiger charge is 2.24. The summed E-state index contributed by atoms with van der Waals surface area (Å²) in [4.78, 5) is 22.4. The summed E-state index contributed by atoms with van der Waals surface area (Å²) in [6, 6.07) is 8.05. The molecule has 5 nitrogen and oxygen atoms in total. The molecule has 1 aromatic carbocycles. The summed E-state index contributed by atoms with van der Waals surface area (Å²) in [5.74, 6) is 0.330. The fourth-order valence-corrected chi connectivity index (χ4v) is 3.28. The van der Waals surface area contributed by atoms with E-state index in [1.165, 1.54) is 24.6 Å². The topological polar surface area (TPSA) is 63.2 Å². The van der Waals surface area contributed by atoms with Crippen molar-refractivity contribution in [3.05, 3.63) is 46.7 Å². The smallest absolute Gasteiger partial charge is 0.278 e. The molecule has 0 bridgehead atoms. The molecule has 0 aliphatic heterocycles. The van der Waals surface area contributed by atoms with E-state index in [1.54, 1.807) is 24.8 Å². The third-order valence-corrected chi connectivity index (χ3v) is 4.95. The van der Waals surface area contributed by atoms with Crippen LogP contribution in [-0.4, -0.2) is 23.8 Å². The average Bonchev–Trinajstić information content (AvgIpc) is 3.45. The maximum absolute atomic E-state index is 12.3. The summed E-state index contributed by atoms with van der Waals surface area (Å²) in [6.07, 6.45) is 6.01. The van der Waals surface area contributed by atoms with E-state index in [9.17, 15) is 4.79 Å². The number of carbonyl (C=O) groups excluding carboxylic acids is 1. The Morgan fingerprint density at radius 2 is 2.16 bits per heavy atom. The molecule has 1 aliphatic rings. The van der Waals surface area contributed by atoms with Gasteiger partial charge in [-0.3, -0.25) is 9.63 Å². The zero-order valence-corrected chi connectivity index (χ0v) is 15.7. The van der Waals surface area contributed by atoms with E-state index in [0.717, 1.165) is 10.6 Å². The fraction of sp³-hybridized carbons (Fsp3) is 0.333. The summed E-state index contributed by atoms with van der Waals surface area (Å²) >= 11 is 7.69. The van der Waals surface area contributed by atoms with Crippen molar-refractivity contribution < 1.29 is 9.63 Å². The predicted octanol–water partition coefficient (Wildman–Crippen LogP) is 4.76. The molecular formula is C18H20ClN3O2S. The lowest BCUT2D eigenvalue weighted by atomic mass is 10.1. The molecule has 1 saturated carbocycles. The van der Waals surface area contributed by atoms with Gasteiger partial charge in [0.25, 0.3) is 5.91 Å². The minimum atomic E-state index is -0.367. The van der Waals surface area contributed by atoms with E-state index in [2.05, 4.69) is 34.0 Å². The Bertz CT molecular complexity index is 781. The van der Waals surface area contributed by atoms with Gasteiger partial charge < -0.3 is 5.32 Å². The molecule has 0 saturated heterocycles. The fourth-order valence-electron chi connectivity index (χ4n) is 2.53. The Morgan fingerprint density at radius 3 is 2.84 bits per heavy atom. The molecule has 0 atom stereocenters. The molecule has 1 aliphatic carbocycles. The van der Waals surface area contributed by atoms with Crippen LogP contribution in [-0.2, 0) is 4.84 Å². The summed E-state index contributed by atoms with van der Waals surface area (Å²) in [5.41, 5.74) is 5.66. The van der Waals surface area contributed by atoms with Gasteiger partial charge in [0.05, 0.1) is 23.5 Å².